The Morgan fingerprint density at radius 2 is 1.90 bits per heavy atom. The molecule has 0 radical (unpaired) electrons. The number of nitrogens with one attached hydrogen (secondary N) is 2. The number of ether oxygens (including phenoxy) is 1. The average molecular weight is 529 g/mol. The van der Waals surface area contributed by atoms with Crippen molar-refractivity contribution in [3.8, 4) is 17.0 Å². The van der Waals surface area contributed by atoms with Crippen molar-refractivity contribution in [2.45, 2.75) is 19.9 Å². The molecule has 0 spiro atoms. The molecule has 39 heavy (non-hydrogen) atoms. The lowest BCUT2D eigenvalue weighted by atomic mass is 10.1. The van der Waals surface area contributed by atoms with Gasteiger partial charge in [-0.1, -0.05) is 12.6 Å². The first-order valence-electron chi connectivity index (χ1n) is 12.8. The van der Waals surface area contributed by atoms with Crippen molar-refractivity contribution < 1.29 is 9.53 Å². The number of likely N-dealkylation sites (N-methyl/N-ethyl adjacent to an activating group) is 2. The van der Waals surface area contributed by atoms with Gasteiger partial charge in [-0.2, -0.15) is 5.10 Å². The average Bonchev–Trinajstić information content (AvgIpc) is 3.35. The summed E-state index contributed by atoms with van der Waals surface area (Å²) in [6.07, 6.45) is 4.65. The number of anilines is 4. The molecule has 0 unspecified atom stereocenters. The number of carbonyl (C=O) groups is 1. The Kier molecular flexibility index (Phi) is 8.46. The molecule has 0 fully saturated rings. The summed E-state index contributed by atoms with van der Waals surface area (Å²) >= 11 is 0. The first kappa shape index (κ1) is 27.6. The Balaban J connectivity index is 1.67. The molecular weight excluding hydrogens is 492 g/mol. The summed E-state index contributed by atoms with van der Waals surface area (Å²) in [4.78, 5) is 25.3. The molecule has 2 aromatic carbocycles. The lowest BCUT2D eigenvalue weighted by Crippen LogP contribution is -2.29. The van der Waals surface area contributed by atoms with Crippen molar-refractivity contribution in [1.82, 2.24) is 24.6 Å². The van der Waals surface area contributed by atoms with Crippen LogP contribution in [0.3, 0.4) is 0 Å². The van der Waals surface area contributed by atoms with Gasteiger partial charge in [0, 0.05) is 49.3 Å². The van der Waals surface area contributed by atoms with Crippen LogP contribution in [0.1, 0.15) is 19.9 Å². The maximum absolute atomic E-state index is 12.2. The zero-order valence-electron chi connectivity index (χ0n) is 23.4. The third-order valence-corrected chi connectivity index (χ3v) is 6.37. The Labute approximate surface area is 229 Å². The second-order valence-electron chi connectivity index (χ2n) is 9.86. The van der Waals surface area contributed by atoms with Crippen molar-refractivity contribution in [3.63, 3.8) is 0 Å². The topological polar surface area (TPSA) is 100 Å². The standard InChI is InChI=1S/C29H36N8O2/c1-8-29(38)34-23-14-24(27(39-7)16-26(23)36(6)12-11-35(4)5)33-28-15-22(30-18-31-28)20-9-10-25-21(13-20)17-32-37(25)19(2)3/h8-10,13-19H,1,11-12H2,2-7H3,(H,34,38)(H,30,31,33). The van der Waals surface area contributed by atoms with E-state index >= 15 is 0 Å². The van der Waals surface area contributed by atoms with Gasteiger partial charge in [-0.05, 0) is 52.2 Å². The summed E-state index contributed by atoms with van der Waals surface area (Å²) in [5.74, 6) is 0.904. The Morgan fingerprint density at radius 1 is 1.10 bits per heavy atom. The molecule has 0 aliphatic heterocycles. The van der Waals surface area contributed by atoms with Gasteiger partial charge in [0.2, 0.25) is 5.91 Å². The van der Waals surface area contributed by atoms with Crippen LogP contribution in [0.4, 0.5) is 22.9 Å². The molecule has 0 saturated carbocycles. The molecule has 2 heterocycles. The van der Waals surface area contributed by atoms with Crippen LogP contribution in [0.25, 0.3) is 22.2 Å². The molecule has 0 bridgehead atoms. The minimum absolute atomic E-state index is 0.276. The summed E-state index contributed by atoms with van der Waals surface area (Å²) in [5.41, 5.74) is 4.92. The minimum atomic E-state index is -0.297. The maximum Gasteiger partial charge on any atom is 0.247 e. The van der Waals surface area contributed by atoms with E-state index in [2.05, 4.69) is 68.1 Å². The molecule has 1 amide bonds. The van der Waals surface area contributed by atoms with Crippen molar-refractivity contribution in [3.05, 3.63) is 61.6 Å². The highest BCUT2D eigenvalue weighted by Crippen LogP contribution is 2.38. The predicted molar refractivity (Wildman–Crippen MR) is 158 cm³/mol. The van der Waals surface area contributed by atoms with E-state index in [1.807, 2.05) is 56.3 Å². The highest BCUT2D eigenvalue weighted by molar-refractivity contribution is 6.02. The van der Waals surface area contributed by atoms with Crippen LogP contribution in [-0.2, 0) is 4.79 Å². The van der Waals surface area contributed by atoms with E-state index in [1.165, 1.54) is 12.4 Å². The number of hydrogen-bond acceptors (Lipinski definition) is 8. The molecule has 2 N–H and O–H groups in total. The second-order valence-corrected chi connectivity index (χ2v) is 9.86. The first-order valence-corrected chi connectivity index (χ1v) is 12.8. The number of amides is 1. The third-order valence-electron chi connectivity index (χ3n) is 6.37. The number of aromatic nitrogens is 4. The molecule has 4 aromatic rings. The van der Waals surface area contributed by atoms with E-state index in [4.69, 9.17) is 4.74 Å². The van der Waals surface area contributed by atoms with Crippen LogP contribution in [0.15, 0.2) is 61.6 Å². The van der Waals surface area contributed by atoms with E-state index < -0.39 is 0 Å². The normalized spacial score (nSPS) is 11.2. The van der Waals surface area contributed by atoms with Gasteiger partial charge in [0.05, 0.1) is 41.6 Å². The summed E-state index contributed by atoms with van der Waals surface area (Å²) in [7, 11) is 7.64. The van der Waals surface area contributed by atoms with Crippen LogP contribution >= 0.6 is 0 Å². The lowest BCUT2D eigenvalue weighted by molar-refractivity contribution is -0.111. The van der Waals surface area contributed by atoms with Crippen LogP contribution in [0, 0.1) is 0 Å². The van der Waals surface area contributed by atoms with Crippen molar-refractivity contribution in [2.24, 2.45) is 0 Å². The highest BCUT2D eigenvalue weighted by atomic mass is 16.5. The van der Waals surface area contributed by atoms with Crippen LogP contribution < -0.4 is 20.3 Å². The fourth-order valence-corrected chi connectivity index (χ4v) is 4.25. The Hall–Kier alpha value is -4.44. The van der Waals surface area contributed by atoms with E-state index in [0.29, 0.717) is 22.9 Å². The smallest absolute Gasteiger partial charge is 0.247 e. The predicted octanol–water partition coefficient (Wildman–Crippen LogP) is 4.95. The Bertz CT molecular complexity index is 1480. The van der Waals surface area contributed by atoms with E-state index in [1.54, 1.807) is 7.11 Å². The summed E-state index contributed by atoms with van der Waals surface area (Å²) < 4.78 is 7.72. The first-order chi connectivity index (χ1) is 18.7. The highest BCUT2D eigenvalue weighted by Gasteiger charge is 2.17. The Morgan fingerprint density at radius 3 is 2.59 bits per heavy atom. The molecule has 0 atom stereocenters. The van der Waals surface area contributed by atoms with E-state index in [0.717, 1.165) is 40.9 Å². The molecule has 2 aromatic heterocycles. The molecule has 10 heteroatoms. The quantitative estimate of drug-likeness (QED) is 0.264. The largest absolute Gasteiger partial charge is 0.494 e. The molecule has 0 saturated heterocycles. The number of benzene rings is 2. The van der Waals surface area contributed by atoms with Gasteiger partial charge >= 0.3 is 0 Å². The second kappa shape index (κ2) is 12.0. The molecule has 0 aliphatic carbocycles. The zero-order valence-corrected chi connectivity index (χ0v) is 23.4. The molecule has 0 aliphatic rings. The van der Waals surface area contributed by atoms with Gasteiger partial charge in [-0.25, -0.2) is 9.97 Å². The summed E-state index contributed by atoms with van der Waals surface area (Å²) in [6.45, 7) is 9.42. The van der Waals surface area contributed by atoms with Gasteiger partial charge in [0.25, 0.3) is 0 Å². The number of nitrogens with zero attached hydrogens (tertiary/aromatic N) is 6. The van der Waals surface area contributed by atoms with Crippen LogP contribution in [-0.4, -0.2) is 71.9 Å². The van der Waals surface area contributed by atoms with E-state index in [9.17, 15) is 4.79 Å². The molecule has 10 nitrogen and oxygen atoms in total. The number of rotatable bonds is 11. The SMILES string of the molecule is C=CC(=O)Nc1cc(Nc2cc(-c3ccc4c(cnn4C(C)C)c3)ncn2)c(OC)cc1N(C)CCN(C)C. The van der Waals surface area contributed by atoms with Crippen molar-refractivity contribution in [2.75, 3.05) is 56.9 Å². The van der Waals surface area contributed by atoms with Gasteiger partial charge in [0.15, 0.2) is 0 Å². The fourth-order valence-electron chi connectivity index (χ4n) is 4.25. The summed E-state index contributed by atoms with van der Waals surface area (Å²) in [6, 6.07) is 12.1. The fraction of sp³-hybridized carbons (Fsp3) is 0.310. The number of carbonyl (C=O) groups excluding carboxylic acids is 1. The number of fused-ring (bicyclic) bond motifs is 1. The van der Waals surface area contributed by atoms with Gasteiger partial charge in [-0.3, -0.25) is 9.48 Å². The van der Waals surface area contributed by atoms with Gasteiger partial charge < -0.3 is 25.2 Å². The number of methoxy groups -OCH3 is 1. The molecular formula is C29H36N8O2. The van der Waals surface area contributed by atoms with Crippen molar-refractivity contribution in [1.29, 1.82) is 0 Å². The van der Waals surface area contributed by atoms with Crippen LogP contribution in [0.2, 0.25) is 0 Å². The maximum atomic E-state index is 12.2. The monoisotopic (exact) mass is 528 g/mol. The third kappa shape index (κ3) is 6.35. The van der Waals surface area contributed by atoms with Gasteiger partial charge in [0.1, 0.15) is 17.9 Å². The molecule has 4 rings (SSSR count). The van der Waals surface area contributed by atoms with Crippen LogP contribution in [0.5, 0.6) is 5.75 Å². The summed E-state index contributed by atoms with van der Waals surface area (Å²) in [5, 5.41) is 11.8. The zero-order chi connectivity index (χ0) is 28.1. The van der Waals surface area contributed by atoms with Crippen molar-refractivity contribution >= 4 is 39.7 Å². The number of hydrogen-bond donors (Lipinski definition) is 2. The molecule has 204 valence electrons. The lowest BCUT2D eigenvalue weighted by Gasteiger charge is -2.26. The van der Waals surface area contributed by atoms with E-state index in [-0.39, 0.29) is 11.9 Å². The van der Waals surface area contributed by atoms with Gasteiger partial charge in [-0.15, -0.1) is 0 Å². The minimum Gasteiger partial charge on any atom is -0.494 e.